The number of imide groups is 1. The van der Waals surface area contributed by atoms with Gasteiger partial charge >= 0.3 is 5.97 Å². The van der Waals surface area contributed by atoms with E-state index in [1.807, 2.05) is 0 Å². The topological polar surface area (TPSA) is 129 Å². The molecule has 1 fully saturated rings. The number of anilines is 2. The van der Waals surface area contributed by atoms with Crippen LogP contribution in [-0.2, 0) is 14.3 Å². The number of ether oxygens (including phenoxy) is 1. The van der Waals surface area contributed by atoms with Crippen molar-refractivity contribution in [3.8, 4) is 11.5 Å². The second-order valence-corrected chi connectivity index (χ2v) is 7.76. The summed E-state index contributed by atoms with van der Waals surface area (Å²) in [5, 5.41) is 7.42. The van der Waals surface area contributed by atoms with Gasteiger partial charge in [0, 0.05) is 12.1 Å². The van der Waals surface area contributed by atoms with Gasteiger partial charge < -0.3 is 14.9 Å². The van der Waals surface area contributed by atoms with Gasteiger partial charge in [0.25, 0.3) is 11.1 Å². The number of nitrogens with two attached hydrogens (primary N) is 1. The molecule has 1 saturated heterocycles. The monoisotopic (exact) mass is 438 g/mol. The van der Waals surface area contributed by atoms with Crippen molar-refractivity contribution in [2.75, 3.05) is 17.2 Å². The van der Waals surface area contributed by atoms with Crippen LogP contribution in [0.15, 0.2) is 58.2 Å². The third-order valence-electron chi connectivity index (χ3n) is 4.58. The number of nitrogen functional groups attached to an aromatic ring is 1. The fourth-order valence-corrected chi connectivity index (χ4v) is 4.00. The largest absolute Gasteiger partial charge is 0.462 e. The van der Waals surface area contributed by atoms with E-state index >= 15 is 0 Å². The lowest BCUT2D eigenvalue weighted by molar-refractivity contribution is -0.121. The molecular formula is C21H18N4O5S. The first kappa shape index (κ1) is 20.6. The Bertz CT molecular complexity index is 1140. The normalized spacial score (nSPS) is 16.0. The van der Waals surface area contributed by atoms with E-state index in [9.17, 15) is 14.4 Å². The molecule has 1 atom stereocenters. The lowest BCUT2D eigenvalue weighted by atomic mass is 10.2. The molecule has 2 N–H and O–H groups in total. The summed E-state index contributed by atoms with van der Waals surface area (Å²) in [5.74, 6) is -0.965. The average molecular weight is 438 g/mol. The van der Waals surface area contributed by atoms with Gasteiger partial charge in [-0.1, -0.05) is 23.9 Å². The van der Waals surface area contributed by atoms with Gasteiger partial charge in [-0.05, 0) is 43.3 Å². The van der Waals surface area contributed by atoms with Crippen molar-refractivity contribution < 1.29 is 23.5 Å². The summed E-state index contributed by atoms with van der Waals surface area (Å²) in [5.41, 5.74) is 7.74. The molecule has 4 rings (SSSR count). The maximum Gasteiger partial charge on any atom is 0.338 e. The first-order chi connectivity index (χ1) is 15.0. The molecule has 2 aromatic carbocycles. The summed E-state index contributed by atoms with van der Waals surface area (Å²) in [6.45, 7) is 1.98. The molecule has 1 unspecified atom stereocenters. The fourth-order valence-electron chi connectivity index (χ4n) is 3.11. The van der Waals surface area contributed by atoms with E-state index in [0.29, 0.717) is 22.5 Å². The molecule has 31 heavy (non-hydrogen) atoms. The van der Waals surface area contributed by atoms with E-state index < -0.39 is 17.1 Å². The maximum absolute atomic E-state index is 12.9. The average Bonchev–Trinajstić information content (AvgIpc) is 3.33. The second-order valence-electron chi connectivity index (χ2n) is 6.61. The molecule has 2 amide bonds. The number of carbonyl (C=O) groups excluding carboxylic acids is 3. The minimum absolute atomic E-state index is 0.00564. The Balaban J connectivity index is 1.48. The molecular weight excluding hydrogens is 420 g/mol. The molecule has 9 nitrogen and oxygen atoms in total. The molecule has 1 aliphatic rings. The third kappa shape index (κ3) is 4.15. The Hall–Kier alpha value is -3.66. The molecule has 0 aliphatic carbocycles. The van der Waals surface area contributed by atoms with Crippen LogP contribution >= 0.6 is 11.8 Å². The summed E-state index contributed by atoms with van der Waals surface area (Å²) in [7, 11) is 0. The number of carbonyl (C=O) groups is 3. The number of hydrogen-bond donors (Lipinski definition) is 1. The highest BCUT2D eigenvalue weighted by Gasteiger charge is 2.41. The van der Waals surface area contributed by atoms with E-state index in [0.717, 1.165) is 16.7 Å². The number of hydrogen-bond acceptors (Lipinski definition) is 9. The number of aromatic nitrogens is 2. The quantitative estimate of drug-likeness (QED) is 0.351. The minimum Gasteiger partial charge on any atom is -0.462 e. The molecule has 0 bridgehead atoms. The number of rotatable bonds is 6. The summed E-state index contributed by atoms with van der Waals surface area (Å²) in [6.07, 6.45) is -0.00564. The number of benzene rings is 2. The van der Waals surface area contributed by atoms with Crippen molar-refractivity contribution >= 4 is 40.9 Å². The van der Waals surface area contributed by atoms with Crippen LogP contribution in [0.4, 0.5) is 11.4 Å². The predicted molar refractivity (Wildman–Crippen MR) is 113 cm³/mol. The van der Waals surface area contributed by atoms with Crippen LogP contribution in [-0.4, -0.2) is 39.8 Å². The number of thioether (sulfide) groups is 1. The highest BCUT2D eigenvalue weighted by atomic mass is 32.2. The molecule has 0 spiro atoms. The smallest absolute Gasteiger partial charge is 0.338 e. The molecule has 0 saturated carbocycles. The lowest BCUT2D eigenvalue weighted by Gasteiger charge is -2.14. The van der Waals surface area contributed by atoms with Gasteiger partial charge in [-0.3, -0.25) is 9.59 Å². The Kier molecular flexibility index (Phi) is 5.72. The van der Waals surface area contributed by atoms with E-state index in [2.05, 4.69) is 10.2 Å². The molecule has 1 aromatic heterocycles. The van der Waals surface area contributed by atoms with Gasteiger partial charge in [-0.2, -0.15) is 0 Å². The maximum atomic E-state index is 12.9. The first-order valence-electron chi connectivity index (χ1n) is 9.47. The third-order valence-corrected chi connectivity index (χ3v) is 5.60. The summed E-state index contributed by atoms with van der Waals surface area (Å²) < 4.78 is 10.6. The molecule has 158 valence electrons. The zero-order chi connectivity index (χ0) is 22.0. The molecule has 2 heterocycles. The molecule has 0 radical (unpaired) electrons. The Morgan fingerprint density at radius 3 is 2.65 bits per heavy atom. The first-order valence-corrected chi connectivity index (χ1v) is 10.3. The van der Waals surface area contributed by atoms with Crippen LogP contribution in [0, 0.1) is 0 Å². The van der Waals surface area contributed by atoms with Gasteiger partial charge in [0.15, 0.2) is 0 Å². The number of esters is 1. The van der Waals surface area contributed by atoms with Crippen molar-refractivity contribution in [1.29, 1.82) is 0 Å². The van der Waals surface area contributed by atoms with E-state index in [4.69, 9.17) is 14.9 Å². The number of amides is 2. The Labute approximate surface area is 181 Å². The molecule has 3 aromatic rings. The van der Waals surface area contributed by atoms with Crippen LogP contribution in [0.3, 0.4) is 0 Å². The standard InChI is InChI=1S/C21H18N4O5S/c1-2-29-20(28)12-7-9-13(10-8-12)25-17(26)11-16(19(25)27)31-21-24-23-18(30-21)14-5-3-4-6-15(14)22/h3-10,16H,2,11,22H2,1H3. The Morgan fingerprint density at radius 1 is 1.19 bits per heavy atom. The van der Waals surface area contributed by atoms with Crippen LogP contribution in [0.1, 0.15) is 23.7 Å². The molecule has 1 aliphatic heterocycles. The van der Waals surface area contributed by atoms with Crippen molar-refractivity contribution in [3.05, 3.63) is 54.1 Å². The lowest BCUT2D eigenvalue weighted by Crippen LogP contribution is -2.31. The van der Waals surface area contributed by atoms with Crippen molar-refractivity contribution in [2.45, 2.75) is 23.8 Å². The van der Waals surface area contributed by atoms with Gasteiger partial charge in [-0.25, -0.2) is 9.69 Å². The molecule has 10 heteroatoms. The fraction of sp³-hybridized carbons (Fsp3) is 0.190. The van der Waals surface area contributed by atoms with Crippen LogP contribution in [0.25, 0.3) is 11.5 Å². The van der Waals surface area contributed by atoms with E-state index in [-0.39, 0.29) is 30.0 Å². The number of nitrogens with zero attached hydrogens (tertiary/aromatic N) is 3. The number of para-hydroxylation sites is 1. The van der Waals surface area contributed by atoms with Crippen molar-refractivity contribution in [1.82, 2.24) is 10.2 Å². The van der Waals surface area contributed by atoms with Crippen LogP contribution < -0.4 is 10.6 Å². The summed E-state index contributed by atoms with van der Waals surface area (Å²) in [4.78, 5) is 38.2. The van der Waals surface area contributed by atoms with E-state index in [1.165, 1.54) is 24.3 Å². The predicted octanol–water partition coefficient (Wildman–Crippen LogP) is 2.92. The minimum atomic E-state index is -0.696. The van der Waals surface area contributed by atoms with Crippen LogP contribution in [0.2, 0.25) is 0 Å². The van der Waals surface area contributed by atoms with Gasteiger partial charge in [0.2, 0.25) is 11.8 Å². The zero-order valence-corrected chi connectivity index (χ0v) is 17.3. The second kappa shape index (κ2) is 8.60. The summed E-state index contributed by atoms with van der Waals surface area (Å²) >= 11 is 1.03. The van der Waals surface area contributed by atoms with Crippen molar-refractivity contribution in [2.24, 2.45) is 0 Å². The Morgan fingerprint density at radius 2 is 1.94 bits per heavy atom. The van der Waals surface area contributed by atoms with E-state index in [1.54, 1.807) is 31.2 Å². The highest BCUT2D eigenvalue weighted by molar-refractivity contribution is 8.00. The summed E-state index contributed by atoms with van der Waals surface area (Å²) in [6, 6.07) is 13.2. The van der Waals surface area contributed by atoms with Gasteiger partial charge in [0.1, 0.15) is 5.25 Å². The van der Waals surface area contributed by atoms with Crippen LogP contribution in [0.5, 0.6) is 0 Å². The SMILES string of the molecule is CCOC(=O)c1ccc(N2C(=O)CC(Sc3nnc(-c4ccccc4N)o3)C2=O)cc1. The zero-order valence-electron chi connectivity index (χ0n) is 16.5. The highest BCUT2D eigenvalue weighted by Crippen LogP contribution is 2.35. The van der Waals surface area contributed by atoms with Crippen molar-refractivity contribution in [3.63, 3.8) is 0 Å². The van der Waals surface area contributed by atoms with Gasteiger partial charge in [-0.15, -0.1) is 10.2 Å². The van der Waals surface area contributed by atoms with Gasteiger partial charge in [0.05, 0.1) is 23.4 Å².